The second kappa shape index (κ2) is 6.18. The number of nitrogens with zero attached hydrogens (tertiary/aromatic N) is 1. The number of hydrogen-bond donors (Lipinski definition) is 1. The van der Waals surface area contributed by atoms with E-state index in [4.69, 9.17) is 0 Å². The molecule has 2 heterocycles. The van der Waals surface area contributed by atoms with Crippen molar-refractivity contribution >= 4 is 17.2 Å². The first-order chi connectivity index (χ1) is 9.83. The van der Waals surface area contributed by atoms with E-state index in [1.54, 1.807) is 23.6 Å². The van der Waals surface area contributed by atoms with Gasteiger partial charge >= 0.3 is 0 Å². The van der Waals surface area contributed by atoms with Gasteiger partial charge in [-0.1, -0.05) is 25.3 Å². The predicted molar refractivity (Wildman–Crippen MR) is 81.9 cm³/mol. The predicted octanol–water partition coefficient (Wildman–Crippen LogP) is 3.87. The highest BCUT2D eigenvalue weighted by molar-refractivity contribution is 7.13. The fraction of sp³-hybridized carbons (Fsp3) is 0.375. The van der Waals surface area contributed by atoms with Crippen LogP contribution in [0.1, 0.15) is 42.5 Å². The molecule has 1 saturated carbocycles. The van der Waals surface area contributed by atoms with Crippen LogP contribution in [0, 0.1) is 0 Å². The van der Waals surface area contributed by atoms with E-state index >= 15 is 0 Å². The third kappa shape index (κ3) is 3.07. The zero-order valence-electron chi connectivity index (χ0n) is 11.3. The number of pyridine rings is 1. The topological polar surface area (TPSA) is 42.0 Å². The molecule has 4 heteroatoms. The fourth-order valence-electron chi connectivity index (χ4n) is 2.65. The maximum Gasteiger partial charge on any atom is 0.251 e. The molecule has 2 aromatic heterocycles. The Balaban J connectivity index is 1.73. The molecule has 3 rings (SSSR count). The zero-order valence-corrected chi connectivity index (χ0v) is 12.2. The van der Waals surface area contributed by atoms with E-state index < -0.39 is 0 Å². The SMILES string of the molecule is O=C(NC1CCCCC1)c1ccnc(-c2cccs2)c1. The summed E-state index contributed by atoms with van der Waals surface area (Å²) < 4.78 is 0. The van der Waals surface area contributed by atoms with E-state index in [1.165, 1.54) is 19.3 Å². The molecule has 3 nitrogen and oxygen atoms in total. The lowest BCUT2D eigenvalue weighted by Crippen LogP contribution is -2.36. The van der Waals surface area contributed by atoms with E-state index in [0.717, 1.165) is 23.4 Å². The molecule has 1 aliphatic rings. The zero-order chi connectivity index (χ0) is 13.8. The van der Waals surface area contributed by atoms with Gasteiger partial charge in [-0.15, -0.1) is 11.3 Å². The Morgan fingerprint density at radius 3 is 2.85 bits per heavy atom. The summed E-state index contributed by atoms with van der Waals surface area (Å²) in [6.07, 6.45) is 7.67. The molecule has 1 amide bonds. The summed E-state index contributed by atoms with van der Waals surface area (Å²) in [5.74, 6) is 0.0251. The van der Waals surface area contributed by atoms with E-state index in [1.807, 2.05) is 23.6 Å². The number of amides is 1. The Labute approximate surface area is 123 Å². The van der Waals surface area contributed by atoms with Crippen molar-refractivity contribution in [3.8, 4) is 10.6 Å². The Hall–Kier alpha value is -1.68. The molecule has 104 valence electrons. The van der Waals surface area contributed by atoms with Crippen molar-refractivity contribution in [3.63, 3.8) is 0 Å². The summed E-state index contributed by atoms with van der Waals surface area (Å²) in [6, 6.07) is 8.03. The Bertz CT molecular complexity index is 574. The van der Waals surface area contributed by atoms with Crippen LogP contribution in [0.25, 0.3) is 10.6 Å². The van der Waals surface area contributed by atoms with Crippen LogP contribution in [0.5, 0.6) is 0 Å². The Morgan fingerprint density at radius 1 is 1.25 bits per heavy atom. The van der Waals surface area contributed by atoms with Gasteiger partial charge in [0.05, 0.1) is 10.6 Å². The number of aromatic nitrogens is 1. The maximum atomic E-state index is 12.3. The molecule has 0 bridgehead atoms. The normalized spacial score (nSPS) is 16.0. The Morgan fingerprint density at radius 2 is 2.10 bits per heavy atom. The lowest BCUT2D eigenvalue weighted by Gasteiger charge is -2.22. The van der Waals surface area contributed by atoms with Gasteiger partial charge in [-0.3, -0.25) is 9.78 Å². The molecular weight excluding hydrogens is 268 g/mol. The van der Waals surface area contributed by atoms with Gasteiger partial charge < -0.3 is 5.32 Å². The molecular formula is C16H18N2OS. The highest BCUT2D eigenvalue weighted by Gasteiger charge is 2.17. The summed E-state index contributed by atoms with van der Waals surface area (Å²) in [6.45, 7) is 0. The quantitative estimate of drug-likeness (QED) is 0.930. The van der Waals surface area contributed by atoms with Crippen molar-refractivity contribution in [2.45, 2.75) is 38.1 Å². The van der Waals surface area contributed by atoms with Crippen molar-refractivity contribution in [2.75, 3.05) is 0 Å². The van der Waals surface area contributed by atoms with Crippen LogP contribution >= 0.6 is 11.3 Å². The molecule has 0 saturated heterocycles. The third-order valence-electron chi connectivity index (χ3n) is 3.74. The van der Waals surface area contributed by atoms with E-state index in [9.17, 15) is 4.79 Å². The standard InChI is InChI=1S/C16H18N2OS/c19-16(18-13-5-2-1-3-6-13)12-8-9-17-14(11-12)15-7-4-10-20-15/h4,7-11,13H,1-3,5-6H2,(H,18,19). The molecule has 0 radical (unpaired) electrons. The number of carbonyl (C=O) groups is 1. The average molecular weight is 286 g/mol. The second-order valence-corrected chi connectivity index (χ2v) is 6.16. The van der Waals surface area contributed by atoms with Gasteiger partial charge in [0.15, 0.2) is 0 Å². The van der Waals surface area contributed by atoms with Crippen molar-refractivity contribution in [3.05, 3.63) is 41.4 Å². The lowest BCUT2D eigenvalue weighted by atomic mass is 9.95. The van der Waals surface area contributed by atoms with Crippen molar-refractivity contribution in [1.82, 2.24) is 10.3 Å². The maximum absolute atomic E-state index is 12.3. The minimum Gasteiger partial charge on any atom is -0.349 e. The molecule has 0 spiro atoms. The molecule has 1 N–H and O–H groups in total. The molecule has 0 unspecified atom stereocenters. The fourth-order valence-corrected chi connectivity index (χ4v) is 3.34. The number of rotatable bonds is 3. The van der Waals surface area contributed by atoms with Gasteiger partial charge in [0.1, 0.15) is 0 Å². The lowest BCUT2D eigenvalue weighted by molar-refractivity contribution is 0.0927. The monoisotopic (exact) mass is 286 g/mol. The molecule has 0 atom stereocenters. The minimum atomic E-state index is 0.0251. The van der Waals surface area contributed by atoms with Crippen LogP contribution in [-0.2, 0) is 0 Å². The minimum absolute atomic E-state index is 0.0251. The molecule has 0 aliphatic heterocycles. The van der Waals surface area contributed by atoms with Crippen LogP contribution in [0.15, 0.2) is 35.8 Å². The smallest absolute Gasteiger partial charge is 0.251 e. The molecule has 2 aromatic rings. The number of thiophene rings is 1. The van der Waals surface area contributed by atoms with Crippen molar-refractivity contribution < 1.29 is 4.79 Å². The summed E-state index contributed by atoms with van der Waals surface area (Å²) in [7, 11) is 0. The van der Waals surface area contributed by atoms with Crippen LogP contribution < -0.4 is 5.32 Å². The molecule has 0 aromatic carbocycles. The van der Waals surface area contributed by atoms with E-state index in [0.29, 0.717) is 11.6 Å². The van der Waals surface area contributed by atoms with Crippen LogP contribution in [-0.4, -0.2) is 16.9 Å². The van der Waals surface area contributed by atoms with Crippen LogP contribution in [0.3, 0.4) is 0 Å². The summed E-state index contributed by atoms with van der Waals surface area (Å²) in [5.41, 5.74) is 1.57. The van der Waals surface area contributed by atoms with Gasteiger partial charge in [0.25, 0.3) is 5.91 Å². The van der Waals surface area contributed by atoms with E-state index in [-0.39, 0.29) is 5.91 Å². The largest absolute Gasteiger partial charge is 0.349 e. The molecule has 20 heavy (non-hydrogen) atoms. The highest BCUT2D eigenvalue weighted by Crippen LogP contribution is 2.23. The van der Waals surface area contributed by atoms with Gasteiger partial charge in [0.2, 0.25) is 0 Å². The molecule has 1 aliphatic carbocycles. The summed E-state index contributed by atoms with van der Waals surface area (Å²) in [4.78, 5) is 17.7. The van der Waals surface area contributed by atoms with Gasteiger partial charge in [-0.05, 0) is 36.4 Å². The summed E-state index contributed by atoms with van der Waals surface area (Å²) >= 11 is 1.64. The van der Waals surface area contributed by atoms with Gasteiger partial charge in [-0.25, -0.2) is 0 Å². The van der Waals surface area contributed by atoms with Gasteiger partial charge in [-0.2, -0.15) is 0 Å². The van der Waals surface area contributed by atoms with Crippen LogP contribution in [0.4, 0.5) is 0 Å². The van der Waals surface area contributed by atoms with Crippen LogP contribution in [0.2, 0.25) is 0 Å². The Kier molecular flexibility index (Phi) is 4.11. The summed E-state index contributed by atoms with van der Waals surface area (Å²) in [5, 5.41) is 5.16. The molecule has 1 fully saturated rings. The number of carbonyl (C=O) groups excluding carboxylic acids is 1. The third-order valence-corrected chi connectivity index (χ3v) is 4.63. The number of nitrogens with one attached hydrogen (secondary N) is 1. The first kappa shape index (κ1) is 13.3. The number of hydrogen-bond acceptors (Lipinski definition) is 3. The van der Waals surface area contributed by atoms with E-state index in [2.05, 4.69) is 10.3 Å². The average Bonchev–Trinajstić information content (AvgIpc) is 3.03. The highest BCUT2D eigenvalue weighted by atomic mass is 32.1. The first-order valence-corrected chi connectivity index (χ1v) is 8.02. The van der Waals surface area contributed by atoms with Crippen molar-refractivity contribution in [1.29, 1.82) is 0 Å². The first-order valence-electron chi connectivity index (χ1n) is 7.14. The van der Waals surface area contributed by atoms with Crippen molar-refractivity contribution in [2.24, 2.45) is 0 Å². The second-order valence-electron chi connectivity index (χ2n) is 5.22. The van der Waals surface area contributed by atoms with Gasteiger partial charge in [0, 0.05) is 17.8 Å².